The van der Waals surface area contributed by atoms with Crippen LogP contribution in [0, 0.1) is 5.92 Å². The van der Waals surface area contributed by atoms with Gasteiger partial charge in [0.15, 0.2) is 5.60 Å². The molecule has 1 rings (SSSR count). The second-order valence-electron chi connectivity index (χ2n) is 4.74. The van der Waals surface area contributed by atoms with Gasteiger partial charge in [-0.3, -0.25) is 0 Å². The standard InChI is InChI=1S/C10H17ClO4/c1-7(2)5-9(3,14-8(11)12)10(4)6-13-15-10/h7H,5-6H2,1-4H3. The first-order valence-electron chi connectivity index (χ1n) is 4.98. The molecule has 0 amide bonds. The number of rotatable bonds is 4. The highest BCUT2D eigenvalue weighted by Crippen LogP contribution is 2.40. The van der Waals surface area contributed by atoms with E-state index in [0.717, 1.165) is 0 Å². The Balaban J connectivity index is 2.79. The van der Waals surface area contributed by atoms with Gasteiger partial charge in [0.2, 0.25) is 0 Å². The Morgan fingerprint density at radius 3 is 2.47 bits per heavy atom. The summed E-state index contributed by atoms with van der Waals surface area (Å²) in [6.07, 6.45) is 0.672. The van der Waals surface area contributed by atoms with E-state index in [-0.39, 0.29) is 0 Å². The van der Waals surface area contributed by atoms with Crippen molar-refractivity contribution < 1.29 is 19.3 Å². The van der Waals surface area contributed by atoms with Crippen LogP contribution >= 0.6 is 11.6 Å². The number of hydrogen-bond donors (Lipinski definition) is 0. The van der Waals surface area contributed by atoms with Crippen LogP contribution < -0.4 is 0 Å². The molecular weight excluding hydrogens is 220 g/mol. The molecule has 15 heavy (non-hydrogen) atoms. The number of carbonyl (C=O) groups excluding carboxylic acids is 1. The topological polar surface area (TPSA) is 44.8 Å². The first-order chi connectivity index (χ1) is 6.79. The summed E-state index contributed by atoms with van der Waals surface area (Å²) in [4.78, 5) is 20.6. The summed E-state index contributed by atoms with van der Waals surface area (Å²) < 4.78 is 5.18. The van der Waals surface area contributed by atoms with Crippen LogP contribution in [0.15, 0.2) is 0 Å². The molecule has 0 spiro atoms. The first-order valence-corrected chi connectivity index (χ1v) is 5.36. The maximum Gasteiger partial charge on any atom is 0.404 e. The predicted octanol–water partition coefficient (Wildman–Crippen LogP) is 2.89. The average molecular weight is 237 g/mol. The van der Waals surface area contributed by atoms with Crippen molar-refractivity contribution in [1.82, 2.24) is 0 Å². The molecule has 0 saturated carbocycles. The molecule has 0 aromatic heterocycles. The van der Waals surface area contributed by atoms with E-state index in [0.29, 0.717) is 18.9 Å². The normalized spacial score (nSPS) is 29.5. The molecule has 0 N–H and O–H groups in total. The highest BCUT2D eigenvalue weighted by molar-refractivity contribution is 6.61. The second-order valence-corrected chi connectivity index (χ2v) is 5.05. The minimum atomic E-state index is -0.810. The molecule has 1 aliphatic rings. The molecule has 1 heterocycles. The molecule has 0 radical (unpaired) electrons. The van der Waals surface area contributed by atoms with Crippen molar-refractivity contribution in [3.63, 3.8) is 0 Å². The van der Waals surface area contributed by atoms with Crippen LogP contribution in [0.5, 0.6) is 0 Å². The zero-order valence-electron chi connectivity index (χ0n) is 9.50. The number of carbonyl (C=O) groups is 1. The third-order valence-electron chi connectivity index (χ3n) is 2.80. The largest absolute Gasteiger partial charge is 0.444 e. The third kappa shape index (κ3) is 2.62. The predicted molar refractivity (Wildman–Crippen MR) is 55.6 cm³/mol. The fraction of sp³-hybridized carbons (Fsp3) is 0.900. The second kappa shape index (κ2) is 4.28. The summed E-state index contributed by atoms with van der Waals surface area (Å²) in [6.45, 7) is 8.15. The van der Waals surface area contributed by atoms with Gasteiger partial charge in [-0.1, -0.05) is 13.8 Å². The van der Waals surface area contributed by atoms with E-state index in [1.807, 2.05) is 27.7 Å². The lowest BCUT2D eigenvalue weighted by Crippen LogP contribution is -2.63. The van der Waals surface area contributed by atoms with Gasteiger partial charge in [0.25, 0.3) is 0 Å². The van der Waals surface area contributed by atoms with Crippen LogP contribution in [0.3, 0.4) is 0 Å². The molecule has 5 heteroatoms. The Hall–Kier alpha value is -0.320. The Morgan fingerprint density at radius 2 is 2.20 bits per heavy atom. The molecule has 4 nitrogen and oxygen atoms in total. The summed E-state index contributed by atoms with van der Waals surface area (Å²) >= 11 is 5.28. The quantitative estimate of drug-likeness (QED) is 0.556. The molecule has 0 aromatic carbocycles. The van der Waals surface area contributed by atoms with Crippen LogP contribution in [0.2, 0.25) is 0 Å². The van der Waals surface area contributed by atoms with Gasteiger partial charge in [-0.05, 0) is 26.2 Å². The molecule has 0 aliphatic carbocycles. The van der Waals surface area contributed by atoms with E-state index >= 15 is 0 Å². The van der Waals surface area contributed by atoms with Gasteiger partial charge < -0.3 is 4.74 Å². The van der Waals surface area contributed by atoms with Crippen molar-refractivity contribution in [2.45, 2.75) is 45.3 Å². The molecule has 0 bridgehead atoms. The molecule has 1 saturated heterocycles. The molecule has 88 valence electrons. The molecular formula is C10H17ClO4. The van der Waals surface area contributed by atoms with Crippen molar-refractivity contribution in [3.8, 4) is 0 Å². The highest BCUT2D eigenvalue weighted by atomic mass is 35.5. The maximum atomic E-state index is 10.9. The summed E-state index contributed by atoms with van der Waals surface area (Å²) in [5, 5.41) is 0. The summed E-state index contributed by atoms with van der Waals surface area (Å²) in [5.41, 5.74) is -2.17. The monoisotopic (exact) mass is 236 g/mol. The van der Waals surface area contributed by atoms with E-state index < -0.39 is 16.6 Å². The van der Waals surface area contributed by atoms with E-state index in [9.17, 15) is 4.79 Å². The van der Waals surface area contributed by atoms with Gasteiger partial charge in [0.1, 0.15) is 12.2 Å². The van der Waals surface area contributed by atoms with Crippen molar-refractivity contribution in [3.05, 3.63) is 0 Å². The van der Waals surface area contributed by atoms with Crippen LogP contribution in [-0.4, -0.2) is 23.2 Å². The van der Waals surface area contributed by atoms with Crippen LogP contribution in [0.1, 0.15) is 34.1 Å². The van der Waals surface area contributed by atoms with Crippen molar-refractivity contribution in [2.75, 3.05) is 6.61 Å². The molecule has 0 aromatic rings. The Labute approximate surface area is 94.8 Å². The average Bonchev–Trinajstić information content (AvgIpc) is 1.96. The van der Waals surface area contributed by atoms with E-state index in [4.69, 9.17) is 26.1 Å². The molecule has 2 unspecified atom stereocenters. The molecule has 1 fully saturated rings. The summed E-state index contributed by atoms with van der Waals surface area (Å²) in [5.74, 6) is 0.368. The number of ether oxygens (including phenoxy) is 1. The SMILES string of the molecule is CC(C)CC(C)(OC(=O)Cl)C1(C)COO1. The first kappa shape index (κ1) is 12.7. The Morgan fingerprint density at radius 1 is 1.67 bits per heavy atom. The van der Waals surface area contributed by atoms with Crippen LogP contribution in [-0.2, 0) is 14.5 Å². The fourth-order valence-electron chi connectivity index (χ4n) is 1.80. The zero-order chi connectivity index (χ0) is 11.7. The van der Waals surface area contributed by atoms with Crippen molar-refractivity contribution in [2.24, 2.45) is 5.92 Å². The Bertz CT molecular complexity index is 250. The Kier molecular flexibility index (Phi) is 3.63. The van der Waals surface area contributed by atoms with Gasteiger partial charge in [0.05, 0.1) is 0 Å². The molecule has 1 aliphatic heterocycles. The van der Waals surface area contributed by atoms with Gasteiger partial charge >= 0.3 is 5.43 Å². The van der Waals surface area contributed by atoms with E-state index in [1.54, 1.807) is 0 Å². The van der Waals surface area contributed by atoms with Crippen LogP contribution in [0.25, 0.3) is 0 Å². The highest BCUT2D eigenvalue weighted by Gasteiger charge is 2.55. The number of hydrogen-bond acceptors (Lipinski definition) is 4. The maximum absolute atomic E-state index is 10.9. The fourth-order valence-corrected chi connectivity index (χ4v) is 1.97. The van der Waals surface area contributed by atoms with E-state index in [1.165, 1.54) is 0 Å². The van der Waals surface area contributed by atoms with Crippen molar-refractivity contribution >= 4 is 17.0 Å². The molecule has 2 atom stereocenters. The minimum Gasteiger partial charge on any atom is -0.444 e. The van der Waals surface area contributed by atoms with Crippen molar-refractivity contribution in [1.29, 1.82) is 0 Å². The minimum absolute atomic E-state index is 0.368. The number of halogens is 1. The third-order valence-corrected chi connectivity index (χ3v) is 2.88. The summed E-state index contributed by atoms with van der Waals surface area (Å²) in [6, 6.07) is 0. The lowest BCUT2D eigenvalue weighted by atomic mass is 9.79. The van der Waals surface area contributed by atoms with Gasteiger partial charge in [-0.25, -0.2) is 14.6 Å². The lowest BCUT2D eigenvalue weighted by Gasteiger charge is -2.48. The van der Waals surface area contributed by atoms with Crippen LogP contribution in [0.4, 0.5) is 4.79 Å². The van der Waals surface area contributed by atoms with Gasteiger partial charge in [0, 0.05) is 11.6 Å². The van der Waals surface area contributed by atoms with Gasteiger partial charge in [-0.2, -0.15) is 0 Å². The lowest BCUT2D eigenvalue weighted by molar-refractivity contribution is -0.494. The van der Waals surface area contributed by atoms with E-state index in [2.05, 4.69) is 0 Å². The zero-order valence-corrected chi connectivity index (χ0v) is 10.3. The van der Waals surface area contributed by atoms with Gasteiger partial charge in [-0.15, -0.1) is 0 Å². The summed E-state index contributed by atoms with van der Waals surface area (Å²) in [7, 11) is 0. The smallest absolute Gasteiger partial charge is 0.404 e.